The summed E-state index contributed by atoms with van der Waals surface area (Å²) >= 11 is 0. The van der Waals surface area contributed by atoms with E-state index in [1.807, 2.05) is 0 Å². The molecular weight excluding hydrogens is 274 g/mol. The average Bonchev–Trinajstić information content (AvgIpc) is 2.70. The summed E-state index contributed by atoms with van der Waals surface area (Å²) in [5.74, 6) is -1.14. The molecule has 1 fully saturated rings. The predicted molar refractivity (Wildman–Crippen MR) is 64.2 cm³/mol. The van der Waals surface area contributed by atoms with E-state index in [9.17, 15) is 23.4 Å². The zero-order valence-electron chi connectivity index (χ0n) is 9.80. The zero-order valence-corrected chi connectivity index (χ0v) is 10.6. The van der Waals surface area contributed by atoms with Gasteiger partial charge >= 0.3 is 5.97 Å². The smallest absolute Gasteiger partial charge is 0.335 e. The second kappa shape index (κ2) is 4.89. The molecule has 3 N–H and O–H groups in total. The van der Waals surface area contributed by atoms with Crippen LogP contribution >= 0.6 is 0 Å². The molecule has 0 amide bonds. The highest BCUT2D eigenvalue weighted by molar-refractivity contribution is 7.89. The van der Waals surface area contributed by atoms with Crippen LogP contribution in [0.5, 0.6) is 0 Å². The van der Waals surface area contributed by atoms with Gasteiger partial charge in [-0.05, 0) is 24.3 Å². The summed E-state index contributed by atoms with van der Waals surface area (Å²) in [7, 11) is -3.83. The molecule has 1 aliphatic heterocycles. The number of hydrogen-bond acceptors (Lipinski definition) is 5. The minimum absolute atomic E-state index is 0.0135. The summed E-state index contributed by atoms with van der Waals surface area (Å²) < 4.78 is 25.3. The minimum Gasteiger partial charge on any atom is -0.478 e. The average molecular weight is 287 g/mol. The van der Waals surface area contributed by atoms with Crippen molar-refractivity contribution < 1.29 is 28.5 Å². The molecule has 0 unspecified atom stereocenters. The molecule has 1 heterocycles. The lowest BCUT2D eigenvalue weighted by molar-refractivity contribution is 0.0572. The van der Waals surface area contributed by atoms with Crippen LogP contribution in [0.25, 0.3) is 0 Å². The first-order valence-corrected chi connectivity index (χ1v) is 6.96. The molecule has 1 aliphatic rings. The van der Waals surface area contributed by atoms with Gasteiger partial charge < -0.3 is 15.3 Å². The molecular formula is C11H13NO6S. The van der Waals surface area contributed by atoms with Crippen molar-refractivity contribution in [3.8, 4) is 0 Å². The highest BCUT2D eigenvalue weighted by atomic mass is 32.2. The van der Waals surface area contributed by atoms with Crippen molar-refractivity contribution in [2.24, 2.45) is 0 Å². The maximum atomic E-state index is 12.2. The maximum Gasteiger partial charge on any atom is 0.335 e. The van der Waals surface area contributed by atoms with E-state index in [1.165, 1.54) is 24.3 Å². The second-order valence-electron chi connectivity index (χ2n) is 4.29. The Bertz CT molecular complexity index is 572. The van der Waals surface area contributed by atoms with Gasteiger partial charge in [0.1, 0.15) is 0 Å². The van der Waals surface area contributed by atoms with Crippen molar-refractivity contribution >= 4 is 16.0 Å². The third-order valence-electron chi connectivity index (χ3n) is 2.96. The van der Waals surface area contributed by atoms with E-state index in [-0.39, 0.29) is 23.5 Å². The number of hydrogen-bond donors (Lipinski definition) is 3. The van der Waals surface area contributed by atoms with Gasteiger partial charge in [0.25, 0.3) is 0 Å². The highest BCUT2D eigenvalue weighted by Gasteiger charge is 2.37. The van der Waals surface area contributed by atoms with Crippen LogP contribution in [0.4, 0.5) is 0 Å². The number of aliphatic hydroxyl groups excluding tert-OH is 2. The van der Waals surface area contributed by atoms with E-state index in [2.05, 4.69) is 0 Å². The molecule has 19 heavy (non-hydrogen) atoms. The standard InChI is InChI=1S/C11H13NO6S/c13-9-5-12(6-10(9)14)19(17,18)8-3-1-7(2-4-8)11(15)16/h1-4,9-10,13-14H,5-6H2,(H,15,16)/t9-,10+. The van der Waals surface area contributed by atoms with Gasteiger partial charge in [-0.2, -0.15) is 4.31 Å². The summed E-state index contributed by atoms with van der Waals surface area (Å²) in [6.45, 7) is -0.353. The number of carbonyl (C=O) groups is 1. The Morgan fingerprint density at radius 2 is 1.58 bits per heavy atom. The van der Waals surface area contributed by atoms with Gasteiger partial charge in [0.15, 0.2) is 0 Å². The third-order valence-corrected chi connectivity index (χ3v) is 4.81. The van der Waals surface area contributed by atoms with E-state index in [0.29, 0.717) is 0 Å². The van der Waals surface area contributed by atoms with Crippen molar-refractivity contribution in [1.82, 2.24) is 4.31 Å². The number of rotatable bonds is 3. The molecule has 2 atom stereocenters. The van der Waals surface area contributed by atoms with Crippen molar-refractivity contribution in [3.63, 3.8) is 0 Å². The number of carboxylic acids is 1. The van der Waals surface area contributed by atoms with Crippen molar-refractivity contribution in [2.75, 3.05) is 13.1 Å². The molecule has 8 heteroatoms. The van der Waals surface area contributed by atoms with E-state index in [1.54, 1.807) is 0 Å². The quantitative estimate of drug-likeness (QED) is 0.664. The molecule has 104 valence electrons. The summed E-state index contributed by atoms with van der Waals surface area (Å²) in [6, 6.07) is 4.77. The van der Waals surface area contributed by atoms with E-state index in [0.717, 1.165) is 4.31 Å². The Labute approximate surface area is 109 Å². The first-order valence-electron chi connectivity index (χ1n) is 5.52. The molecule has 0 saturated carbocycles. The summed E-state index contributed by atoms with van der Waals surface area (Å²) in [6.07, 6.45) is -2.21. The van der Waals surface area contributed by atoms with Gasteiger partial charge in [0, 0.05) is 13.1 Å². The first-order chi connectivity index (χ1) is 8.82. The Morgan fingerprint density at radius 1 is 1.11 bits per heavy atom. The van der Waals surface area contributed by atoms with Gasteiger partial charge in [0.2, 0.25) is 10.0 Å². The van der Waals surface area contributed by atoms with Gasteiger partial charge in [-0.3, -0.25) is 0 Å². The molecule has 0 aliphatic carbocycles. The lowest BCUT2D eigenvalue weighted by Gasteiger charge is -2.15. The number of benzene rings is 1. The normalized spacial score (nSPS) is 24.5. The van der Waals surface area contributed by atoms with Crippen LogP contribution in [-0.4, -0.2) is 59.3 Å². The topological polar surface area (TPSA) is 115 Å². The fraction of sp³-hybridized carbons (Fsp3) is 0.364. The SMILES string of the molecule is O=C(O)c1ccc(S(=O)(=O)N2C[C@@H](O)[C@@H](O)C2)cc1. The Hall–Kier alpha value is -1.48. The predicted octanol–water partition coefficient (Wildman–Crippen LogP) is -0.889. The molecule has 7 nitrogen and oxygen atoms in total. The van der Waals surface area contributed by atoms with Gasteiger partial charge in [0.05, 0.1) is 22.7 Å². The molecule has 0 radical (unpaired) electrons. The van der Waals surface area contributed by atoms with E-state index in [4.69, 9.17) is 5.11 Å². The number of β-amino-alcohol motifs (C(OH)–C–C–N with tert-alkyl or cyclic N) is 2. The second-order valence-corrected chi connectivity index (χ2v) is 6.22. The number of aromatic carboxylic acids is 1. The van der Waals surface area contributed by atoms with Crippen LogP contribution in [0.3, 0.4) is 0 Å². The van der Waals surface area contributed by atoms with Crippen LogP contribution in [0, 0.1) is 0 Å². The van der Waals surface area contributed by atoms with Gasteiger partial charge in [-0.1, -0.05) is 0 Å². The van der Waals surface area contributed by atoms with Crippen LogP contribution in [0.1, 0.15) is 10.4 Å². The molecule has 1 saturated heterocycles. The summed E-state index contributed by atoms with van der Waals surface area (Å²) in [4.78, 5) is 10.6. The van der Waals surface area contributed by atoms with E-state index < -0.39 is 28.2 Å². The highest BCUT2D eigenvalue weighted by Crippen LogP contribution is 2.21. The molecule has 0 aromatic heterocycles. The summed E-state index contributed by atoms with van der Waals surface area (Å²) in [5.41, 5.74) is -0.0135. The molecule has 0 spiro atoms. The number of carboxylic acid groups (broad SMARTS) is 1. The lowest BCUT2D eigenvalue weighted by atomic mass is 10.2. The van der Waals surface area contributed by atoms with E-state index >= 15 is 0 Å². The third kappa shape index (κ3) is 2.61. The largest absolute Gasteiger partial charge is 0.478 e. The van der Waals surface area contributed by atoms with Crippen LogP contribution in [0.2, 0.25) is 0 Å². The number of aliphatic hydroxyl groups is 2. The number of sulfonamides is 1. The molecule has 1 aromatic rings. The minimum atomic E-state index is -3.83. The molecule has 2 rings (SSSR count). The van der Waals surface area contributed by atoms with Gasteiger partial charge in [-0.25, -0.2) is 13.2 Å². The van der Waals surface area contributed by atoms with Crippen molar-refractivity contribution in [3.05, 3.63) is 29.8 Å². The van der Waals surface area contributed by atoms with Gasteiger partial charge in [-0.15, -0.1) is 0 Å². The first kappa shape index (κ1) is 13.9. The van der Waals surface area contributed by atoms with Crippen molar-refractivity contribution in [2.45, 2.75) is 17.1 Å². The summed E-state index contributed by atoms with van der Waals surface area (Å²) in [5, 5.41) is 27.5. The zero-order chi connectivity index (χ0) is 14.2. The van der Waals surface area contributed by atoms with Crippen LogP contribution in [-0.2, 0) is 10.0 Å². The fourth-order valence-electron chi connectivity index (χ4n) is 1.85. The monoisotopic (exact) mass is 287 g/mol. The Kier molecular flexibility index (Phi) is 3.59. The Balaban J connectivity index is 2.27. The van der Waals surface area contributed by atoms with Crippen molar-refractivity contribution in [1.29, 1.82) is 0 Å². The van der Waals surface area contributed by atoms with Crippen LogP contribution < -0.4 is 0 Å². The maximum absolute atomic E-state index is 12.2. The molecule has 1 aromatic carbocycles. The molecule has 0 bridgehead atoms. The lowest BCUT2D eigenvalue weighted by Crippen LogP contribution is -2.30. The Morgan fingerprint density at radius 3 is 2.00 bits per heavy atom. The number of nitrogens with zero attached hydrogens (tertiary/aromatic N) is 1. The fourth-order valence-corrected chi connectivity index (χ4v) is 3.33. The van der Waals surface area contributed by atoms with Crippen LogP contribution in [0.15, 0.2) is 29.2 Å².